The maximum atomic E-state index is 12.7. The molecule has 0 saturated carbocycles. The summed E-state index contributed by atoms with van der Waals surface area (Å²) in [6.45, 7) is 4.31. The molecule has 0 unspecified atom stereocenters. The van der Waals surface area contributed by atoms with Crippen molar-refractivity contribution in [1.82, 2.24) is 19.2 Å². The van der Waals surface area contributed by atoms with Gasteiger partial charge in [-0.05, 0) is 25.9 Å². The van der Waals surface area contributed by atoms with Gasteiger partial charge in [0.2, 0.25) is 0 Å². The fourth-order valence-electron chi connectivity index (χ4n) is 3.33. The van der Waals surface area contributed by atoms with Crippen LogP contribution in [0.5, 0.6) is 0 Å². The lowest BCUT2D eigenvalue weighted by Crippen LogP contribution is -2.46. The van der Waals surface area contributed by atoms with Crippen molar-refractivity contribution >= 4 is 10.0 Å². The van der Waals surface area contributed by atoms with Gasteiger partial charge in [0.25, 0.3) is 10.0 Å². The van der Waals surface area contributed by atoms with Crippen LogP contribution < -0.4 is 0 Å². The van der Waals surface area contributed by atoms with Crippen LogP contribution in [0, 0.1) is 0 Å². The second kappa shape index (κ2) is 6.27. The summed E-state index contributed by atoms with van der Waals surface area (Å²) in [4.78, 5) is 9.15. The van der Waals surface area contributed by atoms with Gasteiger partial charge in [-0.15, -0.1) is 0 Å². The fraction of sp³-hybridized carbons (Fsp3) is 0.786. The predicted octanol–water partition coefficient (Wildman–Crippen LogP) is 0.192. The zero-order valence-corrected chi connectivity index (χ0v) is 13.7. The predicted molar refractivity (Wildman–Crippen MR) is 81.9 cm³/mol. The lowest BCUT2D eigenvalue weighted by atomic mass is 10.1. The van der Waals surface area contributed by atoms with E-state index in [-0.39, 0.29) is 17.6 Å². The summed E-state index contributed by atoms with van der Waals surface area (Å²) in [5.74, 6) is 0.658. The monoisotopic (exact) mass is 328 g/mol. The molecule has 2 aliphatic rings. The van der Waals surface area contributed by atoms with Gasteiger partial charge in [-0.3, -0.25) is 4.90 Å². The molecule has 124 valence electrons. The average molecular weight is 328 g/mol. The van der Waals surface area contributed by atoms with Gasteiger partial charge in [-0.25, -0.2) is 13.4 Å². The molecular weight excluding hydrogens is 304 g/mol. The first-order chi connectivity index (χ1) is 10.5. The lowest BCUT2D eigenvalue weighted by molar-refractivity contribution is 0.0706. The van der Waals surface area contributed by atoms with Crippen LogP contribution in [0.4, 0.5) is 0 Å². The number of nitrogens with zero attached hydrogens (tertiary/aromatic N) is 3. The molecule has 7 nitrogen and oxygen atoms in total. The highest BCUT2D eigenvalue weighted by Crippen LogP contribution is 2.25. The number of β-amino-alcohol motifs (C(OH)–C–C–N with tert-alkyl or cyclic N) is 1. The first-order valence-electron chi connectivity index (χ1n) is 7.98. The van der Waals surface area contributed by atoms with Gasteiger partial charge in [0.15, 0.2) is 5.03 Å². The van der Waals surface area contributed by atoms with Crippen molar-refractivity contribution in [3.8, 4) is 0 Å². The Labute approximate surface area is 131 Å². The number of aromatic amines is 1. The van der Waals surface area contributed by atoms with E-state index in [1.807, 2.05) is 6.92 Å². The maximum absolute atomic E-state index is 12.7. The Balaban J connectivity index is 1.75. The van der Waals surface area contributed by atoms with Crippen LogP contribution in [0.3, 0.4) is 0 Å². The molecule has 2 aliphatic heterocycles. The second-order valence-electron chi connectivity index (χ2n) is 6.10. The molecule has 2 atom stereocenters. The number of aromatic nitrogens is 2. The van der Waals surface area contributed by atoms with Crippen LogP contribution in [-0.4, -0.2) is 71.0 Å². The molecule has 0 amide bonds. The van der Waals surface area contributed by atoms with Crippen molar-refractivity contribution in [3.05, 3.63) is 12.0 Å². The number of piperidine rings is 1. The first kappa shape index (κ1) is 15.9. The zero-order valence-electron chi connectivity index (χ0n) is 12.9. The van der Waals surface area contributed by atoms with Crippen LogP contribution >= 0.6 is 0 Å². The van der Waals surface area contributed by atoms with Gasteiger partial charge in [-0.1, -0.05) is 13.3 Å². The van der Waals surface area contributed by atoms with E-state index in [0.717, 1.165) is 25.9 Å². The summed E-state index contributed by atoms with van der Waals surface area (Å²) in [5.41, 5.74) is 0. The summed E-state index contributed by atoms with van der Waals surface area (Å²) in [6.07, 6.45) is 4.87. The van der Waals surface area contributed by atoms with Gasteiger partial charge < -0.3 is 10.1 Å². The van der Waals surface area contributed by atoms with Crippen LogP contribution in [-0.2, 0) is 16.4 Å². The fourth-order valence-corrected chi connectivity index (χ4v) is 4.74. The third-order valence-electron chi connectivity index (χ3n) is 4.64. The lowest BCUT2D eigenvalue weighted by Gasteiger charge is -2.33. The smallest absolute Gasteiger partial charge is 0.260 e. The Hall–Kier alpha value is -0.960. The Morgan fingerprint density at radius 1 is 1.32 bits per heavy atom. The van der Waals surface area contributed by atoms with E-state index in [1.165, 1.54) is 16.9 Å². The largest absolute Gasteiger partial charge is 0.390 e. The highest BCUT2D eigenvalue weighted by atomic mass is 32.2. The second-order valence-corrected chi connectivity index (χ2v) is 8.01. The van der Waals surface area contributed by atoms with Crippen molar-refractivity contribution in [2.75, 3.05) is 26.2 Å². The van der Waals surface area contributed by atoms with Crippen molar-refractivity contribution in [2.24, 2.45) is 0 Å². The molecule has 1 aromatic heterocycles. The molecule has 0 aliphatic carbocycles. The van der Waals surface area contributed by atoms with E-state index < -0.39 is 16.1 Å². The van der Waals surface area contributed by atoms with Gasteiger partial charge in [0, 0.05) is 19.5 Å². The van der Waals surface area contributed by atoms with E-state index in [0.29, 0.717) is 18.8 Å². The molecule has 0 aromatic carbocycles. The van der Waals surface area contributed by atoms with E-state index >= 15 is 0 Å². The molecule has 0 spiro atoms. The topological polar surface area (TPSA) is 89.5 Å². The third-order valence-corrected chi connectivity index (χ3v) is 6.38. The van der Waals surface area contributed by atoms with Gasteiger partial charge in [-0.2, -0.15) is 4.31 Å². The van der Waals surface area contributed by atoms with Gasteiger partial charge >= 0.3 is 0 Å². The minimum absolute atomic E-state index is 0.0939. The van der Waals surface area contributed by atoms with Crippen LogP contribution in [0.2, 0.25) is 0 Å². The molecule has 3 heterocycles. The normalized spacial score (nSPS) is 28.3. The summed E-state index contributed by atoms with van der Waals surface area (Å²) < 4.78 is 26.7. The third kappa shape index (κ3) is 2.92. The maximum Gasteiger partial charge on any atom is 0.260 e. The standard InChI is InChI=1S/C14H24N4O3S/c1-2-13-15-8-14(16-13)22(20,21)18-9-11(12(19)10-18)17-6-4-3-5-7-17/h8,11-12,19H,2-7,9-10H2,1H3,(H,15,16)/t11-,12-/m0/s1. The van der Waals surface area contributed by atoms with E-state index in [1.54, 1.807) is 0 Å². The molecule has 8 heteroatoms. The average Bonchev–Trinajstić information content (AvgIpc) is 3.15. The number of aliphatic hydroxyl groups excluding tert-OH is 1. The van der Waals surface area contributed by atoms with Gasteiger partial charge in [0.1, 0.15) is 5.82 Å². The molecule has 0 radical (unpaired) electrons. The van der Waals surface area contributed by atoms with Gasteiger partial charge in [0.05, 0.1) is 18.3 Å². The van der Waals surface area contributed by atoms with Crippen molar-refractivity contribution in [1.29, 1.82) is 0 Å². The molecule has 0 bridgehead atoms. The molecule has 2 fully saturated rings. The number of likely N-dealkylation sites (tertiary alicyclic amines) is 1. The highest BCUT2D eigenvalue weighted by Gasteiger charge is 2.41. The number of aryl methyl sites for hydroxylation is 1. The van der Waals surface area contributed by atoms with Crippen LogP contribution in [0.1, 0.15) is 32.0 Å². The summed E-state index contributed by atoms with van der Waals surface area (Å²) >= 11 is 0. The number of nitrogens with one attached hydrogen (secondary N) is 1. The Bertz CT molecular complexity index is 609. The van der Waals surface area contributed by atoms with E-state index in [4.69, 9.17) is 0 Å². The summed E-state index contributed by atoms with van der Waals surface area (Å²) in [7, 11) is -3.60. The number of hydrogen-bond donors (Lipinski definition) is 2. The van der Waals surface area contributed by atoms with E-state index in [2.05, 4.69) is 14.9 Å². The highest BCUT2D eigenvalue weighted by molar-refractivity contribution is 7.89. The Morgan fingerprint density at radius 2 is 2.05 bits per heavy atom. The number of rotatable bonds is 4. The minimum Gasteiger partial charge on any atom is -0.390 e. The van der Waals surface area contributed by atoms with Crippen molar-refractivity contribution < 1.29 is 13.5 Å². The Morgan fingerprint density at radius 3 is 2.68 bits per heavy atom. The summed E-state index contributed by atoms with van der Waals surface area (Å²) in [5, 5.41) is 10.4. The minimum atomic E-state index is -3.60. The molecular formula is C14H24N4O3S. The first-order valence-corrected chi connectivity index (χ1v) is 9.42. The molecule has 1 aromatic rings. The van der Waals surface area contributed by atoms with Crippen molar-refractivity contribution in [3.63, 3.8) is 0 Å². The molecule has 22 heavy (non-hydrogen) atoms. The molecule has 2 N–H and O–H groups in total. The van der Waals surface area contributed by atoms with Crippen molar-refractivity contribution in [2.45, 2.75) is 49.8 Å². The quantitative estimate of drug-likeness (QED) is 0.824. The number of sulfonamides is 1. The number of imidazole rings is 1. The number of aliphatic hydroxyl groups is 1. The van der Waals surface area contributed by atoms with E-state index in [9.17, 15) is 13.5 Å². The zero-order chi connectivity index (χ0) is 15.7. The summed E-state index contributed by atoms with van der Waals surface area (Å²) in [6, 6.07) is -0.0939. The SMILES string of the molecule is CCc1ncc(S(=O)(=O)N2C[C@H](O)[C@@H](N3CCCCC3)C2)[nH]1. The molecule has 2 saturated heterocycles. The van der Waals surface area contributed by atoms with Crippen LogP contribution in [0.25, 0.3) is 0 Å². The number of H-pyrrole nitrogens is 1. The number of hydrogen-bond acceptors (Lipinski definition) is 5. The molecule has 3 rings (SSSR count). The van der Waals surface area contributed by atoms with Crippen LogP contribution in [0.15, 0.2) is 11.2 Å². The Kier molecular flexibility index (Phi) is 4.54.